The van der Waals surface area contributed by atoms with Gasteiger partial charge in [0.25, 0.3) is 0 Å². The first kappa shape index (κ1) is 11.5. The lowest BCUT2D eigenvalue weighted by molar-refractivity contribution is 0.0606. The molecule has 0 aliphatic heterocycles. The molecule has 0 bridgehead atoms. The van der Waals surface area contributed by atoms with Crippen molar-refractivity contribution in [3.8, 4) is 0 Å². The molecule has 3 nitrogen and oxygen atoms in total. The number of rotatable bonds is 3. The van der Waals surface area contributed by atoms with Crippen LogP contribution in [0.4, 0.5) is 0 Å². The number of ether oxygens (including phenoxy) is 1. The van der Waals surface area contributed by atoms with E-state index in [2.05, 4.69) is 23.6 Å². The molecular weight excluding hydrogens is 222 g/mol. The number of methoxy groups -OCH3 is 1. The summed E-state index contributed by atoms with van der Waals surface area (Å²) in [5.41, 5.74) is 0. The number of carbonyl (C=O) groups is 1. The molecule has 1 heterocycles. The van der Waals surface area contributed by atoms with Crippen molar-refractivity contribution in [1.82, 2.24) is 4.98 Å². The van der Waals surface area contributed by atoms with Crippen LogP contribution in [0.3, 0.4) is 0 Å². The van der Waals surface area contributed by atoms with Crippen LogP contribution in [0.15, 0.2) is 0 Å². The molecule has 0 atom stereocenters. The van der Waals surface area contributed by atoms with Crippen LogP contribution in [0, 0.1) is 5.92 Å². The predicted molar refractivity (Wildman–Crippen MR) is 57.0 cm³/mol. The number of carbonyl (C=O) groups excluding carboxylic acids is 1. The fourth-order valence-electron chi connectivity index (χ4n) is 0.998. The van der Waals surface area contributed by atoms with Gasteiger partial charge in [0.05, 0.1) is 12.1 Å². The molecule has 0 saturated carbocycles. The molecule has 0 radical (unpaired) electrons. The fourth-order valence-corrected chi connectivity index (χ4v) is 2.43. The van der Waals surface area contributed by atoms with Crippen molar-refractivity contribution in [3.05, 3.63) is 15.0 Å². The average molecular weight is 234 g/mol. The predicted octanol–water partition coefficient (Wildman–Crippen LogP) is 2.78. The number of halogens is 1. The molecule has 1 rings (SSSR count). The zero-order valence-corrected chi connectivity index (χ0v) is 9.91. The standard InChI is InChI=1S/C9H12ClNO2S/c1-5(2)4-6-11-8(10)7(14-6)9(12)13-3/h5H,4H2,1-3H3. The van der Waals surface area contributed by atoms with E-state index in [4.69, 9.17) is 11.6 Å². The SMILES string of the molecule is COC(=O)c1sc(CC(C)C)nc1Cl. The van der Waals surface area contributed by atoms with Crippen molar-refractivity contribution < 1.29 is 9.53 Å². The quantitative estimate of drug-likeness (QED) is 0.754. The van der Waals surface area contributed by atoms with E-state index >= 15 is 0 Å². The highest BCUT2D eigenvalue weighted by atomic mass is 35.5. The molecule has 0 aliphatic carbocycles. The second-order valence-corrected chi connectivity index (χ2v) is 4.76. The van der Waals surface area contributed by atoms with Gasteiger partial charge >= 0.3 is 5.97 Å². The van der Waals surface area contributed by atoms with E-state index in [0.29, 0.717) is 10.8 Å². The Morgan fingerprint density at radius 1 is 1.64 bits per heavy atom. The molecule has 0 saturated heterocycles. The molecule has 78 valence electrons. The molecule has 1 aromatic rings. The molecule has 5 heteroatoms. The van der Waals surface area contributed by atoms with Crippen LogP contribution in [0.1, 0.15) is 28.5 Å². The van der Waals surface area contributed by atoms with Gasteiger partial charge in [-0.2, -0.15) is 0 Å². The Labute approximate surface area is 92.1 Å². The molecular formula is C9H12ClNO2S. The third kappa shape index (κ3) is 2.69. The van der Waals surface area contributed by atoms with Gasteiger partial charge in [0.2, 0.25) is 0 Å². The highest BCUT2D eigenvalue weighted by Gasteiger charge is 2.17. The number of esters is 1. The molecule has 0 spiro atoms. The highest BCUT2D eigenvalue weighted by molar-refractivity contribution is 7.14. The average Bonchev–Trinajstić information content (AvgIpc) is 2.44. The summed E-state index contributed by atoms with van der Waals surface area (Å²) in [7, 11) is 1.33. The van der Waals surface area contributed by atoms with Gasteiger partial charge in [0, 0.05) is 6.42 Å². The van der Waals surface area contributed by atoms with Crippen molar-refractivity contribution in [2.75, 3.05) is 7.11 Å². The third-order valence-electron chi connectivity index (χ3n) is 1.58. The third-order valence-corrected chi connectivity index (χ3v) is 3.03. The van der Waals surface area contributed by atoms with Gasteiger partial charge in [-0.05, 0) is 5.92 Å². The van der Waals surface area contributed by atoms with Crippen LogP contribution < -0.4 is 0 Å². The lowest BCUT2D eigenvalue weighted by Crippen LogP contribution is -1.98. The Morgan fingerprint density at radius 2 is 2.29 bits per heavy atom. The van der Waals surface area contributed by atoms with E-state index in [1.54, 1.807) is 0 Å². The molecule has 0 fully saturated rings. The summed E-state index contributed by atoms with van der Waals surface area (Å²) in [6.07, 6.45) is 0.835. The first-order valence-corrected chi connectivity index (χ1v) is 5.47. The number of hydrogen-bond acceptors (Lipinski definition) is 4. The van der Waals surface area contributed by atoms with Gasteiger partial charge in [0.1, 0.15) is 0 Å². The first-order valence-electron chi connectivity index (χ1n) is 4.28. The second kappa shape index (κ2) is 4.75. The van der Waals surface area contributed by atoms with Crippen molar-refractivity contribution in [1.29, 1.82) is 0 Å². The van der Waals surface area contributed by atoms with E-state index in [1.165, 1.54) is 18.4 Å². The summed E-state index contributed by atoms with van der Waals surface area (Å²) in [5, 5.41) is 1.13. The summed E-state index contributed by atoms with van der Waals surface area (Å²) in [4.78, 5) is 15.7. The Morgan fingerprint density at radius 3 is 2.79 bits per heavy atom. The van der Waals surface area contributed by atoms with Gasteiger partial charge in [-0.15, -0.1) is 11.3 Å². The van der Waals surface area contributed by atoms with Crippen LogP contribution in [0.25, 0.3) is 0 Å². The summed E-state index contributed by atoms with van der Waals surface area (Å²) < 4.78 is 4.58. The van der Waals surface area contributed by atoms with Crippen LogP contribution in [0.5, 0.6) is 0 Å². The normalized spacial score (nSPS) is 10.6. The summed E-state index contributed by atoms with van der Waals surface area (Å²) >= 11 is 7.10. The monoisotopic (exact) mass is 233 g/mol. The van der Waals surface area contributed by atoms with Gasteiger partial charge in [0.15, 0.2) is 10.0 Å². The van der Waals surface area contributed by atoms with E-state index < -0.39 is 5.97 Å². The van der Waals surface area contributed by atoms with E-state index in [-0.39, 0.29) is 5.15 Å². The number of nitrogens with zero attached hydrogens (tertiary/aromatic N) is 1. The van der Waals surface area contributed by atoms with E-state index in [9.17, 15) is 4.79 Å². The van der Waals surface area contributed by atoms with Crippen molar-refractivity contribution in [2.45, 2.75) is 20.3 Å². The lowest BCUT2D eigenvalue weighted by Gasteiger charge is -1.97. The molecule has 0 amide bonds. The first-order chi connectivity index (χ1) is 6.54. The maximum absolute atomic E-state index is 11.2. The minimum atomic E-state index is -0.414. The van der Waals surface area contributed by atoms with Crippen LogP contribution in [-0.2, 0) is 11.2 Å². The van der Waals surface area contributed by atoms with Crippen LogP contribution >= 0.6 is 22.9 Å². The number of hydrogen-bond donors (Lipinski definition) is 0. The molecule has 0 aliphatic rings. The van der Waals surface area contributed by atoms with Gasteiger partial charge < -0.3 is 4.74 Å². The van der Waals surface area contributed by atoms with Gasteiger partial charge in [-0.25, -0.2) is 9.78 Å². The van der Waals surface area contributed by atoms with Crippen LogP contribution in [-0.4, -0.2) is 18.1 Å². The summed E-state index contributed by atoms with van der Waals surface area (Å²) in [6, 6.07) is 0. The Kier molecular flexibility index (Phi) is 3.89. The molecule has 14 heavy (non-hydrogen) atoms. The Bertz CT molecular complexity index is 336. The van der Waals surface area contributed by atoms with E-state index in [1.807, 2.05) is 0 Å². The Balaban J connectivity index is 2.87. The maximum atomic E-state index is 11.2. The van der Waals surface area contributed by atoms with Gasteiger partial charge in [-0.3, -0.25) is 0 Å². The smallest absolute Gasteiger partial charge is 0.351 e. The van der Waals surface area contributed by atoms with E-state index in [0.717, 1.165) is 11.4 Å². The topological polar surface area (TPSA) is 39.2 Å². The van der Waals surface area contributed by atoms with Crippen LogP contribution in [0.2, 0.25) is 5.15 Å². The van der Waals surface area contributed by atoms with Crippen molar-refractivity contribution >= 4 is 28.9 Å². The Hall–Kier alpha value is -0.610. The zero-order valence-electron chi connectivity index (χ0n) is 8.33. The highest BCUT2D eigenvalue weighted by Crippen LogP contribution is 2.25. The van der Waals surface area contributed by atoms with Crippen molar-refractivity contribution in [3.63, 3.8) is 0 Å². The van der Waals surface area contributed by atoms with Crippen molar-refractivity contribution in [2.24, 2.45) is 5.92 Å². The molecule has 0 unspecified atom stereocenters. The van der Waals surface area contributed by atoms with Gasteiger partial charge in [-0.1, -0.05) is 25.4 Å². The molecule has 1 aromatic heterocycles. The minimum absolute atomic E-state index is 0.248. The largest absolute Gasteiger partial charge is 0.465 e. The fraction of sp³-hybridized carbons (Fsp3) is 0.556. The second-order valence-electron chi connectivity index (χ2n) is 3.32. The summed E-state index contributed by atoms with van der Waals surface area (Å²) in [6.45, 7) is 4.18. The molecule has 0 N–H and O–H groups in total. The number of thiazole rings is 1. The summed E-state index contributed by atoms with van der Waals surface area (Å²) in [5.74, 6) is 0.0882. The zero-order chi connectivity index (χ0) is 10.7. The number of aromatic nitrogens is 1. The lowest BCUT2D eigenvalue weighted by atomic mass is 10.1. The minimum Gasteiger partial charge on any atom is -0.465 e. The maximum Gasteiger partial charge on any atom is 0.351 e. The molecule has 0 aromatic carbocycles.